The van der Waals surface area contributed by atoms with Crippen molar-refractivity contribution in [2.75, 3.05) is 6.61 Å². The van der Waals surface area contributed by atoms with Gasteiger partial charge >= 0.3 is 5.97 Å². The fourth-order valence-corrected chi connectivity index (χ4v) is 5.88. The maximum absolute atomic E-state index is 11.7. The highest BCUT2D eigenvalue weighted by Crippen LogP contribution is 2.41. The van der Waals surface area contributed by atoms with Crippen molar-refractivity contribution >= 4 is 5.97 Å². The van der Waals surface area contributed by atoms with Crippen LogP contribution in [0, 0.1) is 5.92 Å². The van der Waals surface area contributed by atoms with Crippen LogP contribution in [0.3, 0.4) is 0 Å². The Hall–Kier alpha value is -3.21. The van der Waals surface area contributed by atoms with Crippen LogP contribution in [0.1, 0.15) is 62.1 Å². The Bertz CT molecular complexity index is 1090. The molecule has 2 aliphatic rings. The van der Waals surface area contributed by atoms with E-state index in [9.17, 15) is 4.79 Å². The normalized spacial score (nSPS) is 23.5. The van der Waals surface area contributed by atoms with Gasteiger partial charge in [-0.05, 0) is 60.8 Å². The highest BCUT2D eigenvalue weighted by molar-refractivity contribution is 5.74. The first-order chi connectivity index (χ1) is 18.6. The standard InChI is InChI=1S/C34H38O4/c1-25-23-30(37-32(25)21-20-31-24-26(2)33(35)38-31)19-12-22-36-34(27-13-6-3-7-14-27,28-15-8-4-9-16-28)29-17-10-5-11-18-29/h3-11,13-18,26,30-32H,1,12,19-24H2,2H3/t26-,30+,31-,32+/m1/s1. The molecule has 0 radical (unpaired) electrons. The monoisotopic (exact) mass is 510 g/mol. The van der Waals surface area contributed by atoms with E-state index in [1.54, 1.807) is 0 Å². The first-order valence-electron chi connectivity index (χ1n) is 13.9. The average molecular weight is 511 g/mol. The van der Waals surface area contributed by atoms with Crippen molar-refractivity contribution in [1.82, 2.24) is 0 Å². The second kappa shape index (κ2) is 12.1. The van der Waals surface area contributed by atoms with E-state index in [0.29, 0.717) is 6.61 Å². The average Bonchev–Trinajstić information content (AvgIpc) is 3.48. The van der Waals surface area contributed by atoms with Crippen molar-refractivity contribution in [3.63, 3.8) is 0 Å². The molecule has 0 aliphatic carbocycles. The van der Waals surface area contributed by atoms with Gasteiger partial charge in [0.05, 0.1) is 18.1 Å². The second-order valence-corrected chi connectivity index (χ2v) is 10.7. The molecule has 0 saturated carbocycles. The summed E-state index contributed by atoms with van der Waals surface area (Å²) in [5.41, 5.74) is 3.81. The highest BCUT2D eigenvalue weighted by atomic mass is 16.6. The number of cyclic esters (lactones) is 1. The molecule has 4 heteroatoms. The topological polar surface area (TPSA) is 44.8 Å². The third-order valence-corrected chi connectivity index (χ3v) is 7.88. The van der Waals surface area contributed by atoms with Gasteiger partial charge in [0.25, 0.3) is 0 Å². The summed E-state index contributed by atoms with van der Waals surface area (Å²) in [6, 6.07) is 31.5. The largest absolute Gasteiger partial charge is 0.462 e. The Kier molecular flexibility index (Phi) is 8.41. The summed E-state index contributed by atoms with van der Waals surface area (Å²) < 4.78 is 18.8. The summed E-state index contributed by atoms with van der Waals surface area (Å²) in [7, 11) is 0. The van der Waals surface area contributed by atoms with E-state index in [1.807, 2.05) is 25.1 Å². The van der Waals surface area contributed by atoms with Crippen molar-refractivity contribution in [1.29, 1.82) is 0 Å². The summed E-state index contributed by atoms with van der Waals surface area (Å²) in [4.78, 5) is 11.7. The maximum atomic E-state index is 11.7. The number of rotatable bonds is 11. The summed E-state index contributed by atoms with van der Waals surface area (Å²) in [5.74, 6) is -0.0631. The zero-order valence-electron chi connectivity index (χ0n) is 22.3. The molecule has 2 aliphatic heterocycles. The molecule has 0 spiro atoms. The van der Waals surface area contributed by atoms with Crippen LogP contribution in [0.4, 0.5) is 0 Å². The van der Waals surface area contributed by atoms with Gasteiger partial charge in [0.1, 0.15) is 11.7 Å². The van der Waals surface area contributed by atoms with Crippen LogP contribution in [-0.2, 0) is 24.6 Å². The van der Waals surface area contributed by atoms with E-state index < -0.39 is 5.60 Å². The Labute approximate surface area is 226 Å². The predicted octanol–water partition coefficient (Wildman–Crippen LogP) is 7.22. The fourth-order valence-electron chi connectivity index (χ4n) is 5.88. The molecule has 4 nitrogen and oxygen atoms in total. The van der Waals surface area contributed by atoms with Gasteiger partial charge in [0.2, 0.25) is 0 Å². The van der Waals surface area contributed by atoms with Crippen molar-refractivity contribution < 1.29 is 19.0 Å². The van der Waals surface area contributed by atoms with Crippen molar-refractivity contribution in [2.45, 2.75) is 69.4 Å². The van der Waals surface area contributed by atoms with Crippen LogP contribution < -0.4 is 0 Å². The summed E-state index contributed by atoms with van der Waals surface area (Å²) in [6.45, 7) is 6.82. The summed E-state index contributed by atoms with van der Waals surface area (Å²) in [6.07, 6.45) is 5.41. The number of hydrogen-bond acceptors (Lipinski definition) is 4. The van der Waals surface area contributed by atoms with Crippen molar-refractivity contribution in [3.8, 4) is 0 Å². The molecule has 4 atom stereocenters. The third kappa shape index (κ3) is 5.77. The minimum atomic E-state index is -0.692. The van der Waals surface area contributed by atoms with E-state index in [-0.39, 0.29) is 30.2 Å². The molecule has 198 valence electrons. The minimum Gasteiger partial charge on any atom is -0.462 e. The highest BCUT2D eigenvalue weighted by Gasteiger charge is 2.38. The lowest BCUT2D eigenvalue weighted by molar-refractivity contribution is -0.144. The van der Waals surface area contributed by atoms with Gasteiger partial charge < -0.3 is 14.2 Å². The van der Waals surface area contributed by atoms with Gasteiger partial charge in [0, 0.05) is 6.61 Å². The van der Waals surface area contributed by atoms with Crippen LogP contribution in [0.15, 0.2) is 103 Å². The Morgan fingerprint density at radius 3 is 1.87 bits per heavy atom. The fraction of sp³-hybridized carbons (Fsp3) is 0.382. The van der Waals surface area contributed by atoms with E-state index >= 15 is 0 Å². The van der Waals surface area contributed by atoms with Gasteiger partial charge in [-0.1, -0.05) is 104 Å². The molecule has 0 amide bonds. The quantitative estimate of drug-likeness (QED) is 0.118. The minimum absolute atomic E-state index is 0.00947. The summed E-state index contributed by atoms with van der Waals surface area (Å²) >= 11 is 0. The summed E-state index contributed by atoms with van der Waals surface area (Å²) in [5, 5.41) is 0. The molecule has 0 N–H and O–H groups in total. The first-order valence-corrected chi connectivity index (χ1v) is 13.9. The van der Waals surface area contributed by atoms with Gasteiger partial charge in [-0.15, -0.1) is 0 Å². The van der Waals surface area contributed by atoms with Gasteiger partial charge in [-0.3, -0.25) is 4.79 Å². The van der Waals surface area contributed by atoms with E-state index in [2.05, 4.69) is 79.4 Å². The molecule has 0 aromatic heterocycles. The lowest BCUT2D eigenvalue weighted by atomic mass is 9.80. The second-order valence-electron chi connectivity index (χ2n) is 10.7. The van der Waals surface area contributed by atoms with Crippen LogP contribution in [0.5, 0.6) is 0 Å². The Morgan fingerprint density at radius 2 is 1.37 bits per heavy atom. The number of carbonyl (C=O) groups is 1. The number of ether oxygens (including phenoxy) is 3. The predicted molar refractivity (Wildman–Crippen MR) is 150 cm³/mol. The third-order valence-electron chi connectivity index (χ3n) is 7.88. The number of carbonyl (C=O) groups excluding carboxylic acids is 1. The zero-order valence-corrected chi connectivity index (χ0v) is 22.3. The van der Waals surface area contributed by atoms with Crippen LogP contribution in [0.2, 0.25) is 0 Å². The lowest BCUT2D eigenvalue weighted by Crippen LogP contribution is -2.33. The Morgan fingerprint density at radius 1 is 0.816 bits per heavy atom. The maximum Gasteiger partial charge on any atom is 0.309 e. The molecule has 3 aromatic rings. The van der Waals surface area contributed by atoms with E-state index in [1.165, 1.54) is 0 Å². The van der Waals surface area contributed by atoms with Gasteiger partial charge in [-0.25, -0.2) is 0 Å². The molecule has 0 bridgehead atoms. The van der Waals surface area contributed by atoms with Crippen LogP contribution in [-0.4, -0.2) is 30.9 Å². The van der Waals surface area contributed by atoms with Gasteiger partial charge in [-0.2, -0.15) is 0 Å². The number of esters is 1. The van der Waals surface area contributed by atoms with Gasteiger partial charge in [0.15, 0.2) is 0 Å². The first kappa shape index (κ1) is 26.4. The molecular weight excluding hydrogens is 472 g/mol. The van der Waals surface area contributed by atoms with E-state index in [0.717, 1.165) is 60.8 Å². The molecule has 38 heavy (non-hydrogen) atoms. The zero-order chi connectivity index (χ0) is 26.4. The number of benzene rings is 3. The van der Waals surface area contributed by atoms with Crippen LogP contribution in [0.25, 0.3) is 0 Å². The number of hydrogen-bond donors (Lipinski definition) is 0. The SMILES string of the molecule is C=C1C[C@H](CCCOC(c2ccccc2)(c2ccccc2)c2ccccc2)O[C@H]1CC[C@@H]1C[C@@H](C)C(=O)O1. The molecule has 2 heterocycles. The Balaban J connectivity index is 1.23. The lowest BCUT2D eigenvalue weighted by Gasteiger charge is -2.36. The van der Waals surface area contributed by atoms with E-state index in [4.69, 9.17) is 14.2 Å². The molecular formula is C34H38O4. The molecule has 0 unspecified atom stereocenters. The van der Waals surface area contributed by atoms with Crippen LogP contribution >= 0.6 is 0 Å². The molecule has 2 fully saturated rings. The molecule has 5 rings (SSSR count). The van der Waals surface area contributed by atoms with Crippen molar-refractivity contribution in [2.24, 2.45) is 5.92 Å². The van der Waals surface area contributed by atoms with Crippen molar-refractivity contribution in [3.05, 3.63) is 120 Å². The molecule has 3 aromatic carbocycles. The molecule has 2 saturated heterocycles. The smallest absolute Gasteiger partial charge is 0.309 e.